The second kappa shape index (κ2) is 6.62. The fraction of sp³-hybridized carbons (Fsp3) is 0.571. The average molecular weight is 236 g/mol. The molecular weight excluding hydrogens is 212 g/mol. The van der Waals surface area contributed by atoms with E-state index in [0.29, 0.717) is 0 Å². The minimum Gasteiger partial charge on any atom is -0.399 e. The first-order chi connectivity index (χ1) is 8.03. The number of anilines is 1. The number of rotatable bonds is 7. The van der Waals surface area contributed by atoms with Gasteiger partial charge in [0.25, 0.3) is 0 Å². The molecule has 3 heteroatoms. The van der Waals surface area contributed by atoms with Crippen LogP contribution in [0.5, 0.6) is 0 Å². The van der Waals surface area contributed by atoms with Gasteiger partial charge in [-0.25, -0.2) is 0 Å². The molecule has 0 atom stereocenters. The van der Waals surface area contributed by atoms with Crippen molar-refractivity contribution in [1.82, 2.24) is 5.32 Å². The van der Waals surface area contributed by atoms with E-state index in [-0.39, 0.29) is 5.41 Å². The predicted molar refractivity (Wildman–Crippen MR) is 72.8 cm³/mol. The van der Waals surface area contributed by atoms with Crippen molar-refractivity contribution in [3.05, 3.63) is 29.8 Å². The van der Waals surface area contributed by atoms with Crippen LogP contribution in [0.2, 0.25) is 0 Å². The van der Waals surface area contributed by atoms with Crippen molar-refractivity contribution < 1.29 is 4.74 Å². The molecule has 0 fully saturated rings. The molecule has 3 N–H and O–H groups in total. The van der Waals surface area contributed by atoms with E-state index in [1.54, 1.807) is 7.11 Å². The van der Waals surface area contributed by atoms with Crippen LogP contribution in [0.15, 0.2) is 24.3 Å². The Kier molecular flexibility index (Phi) is 5.45. The fourth-order valence-corrected chi connectivity index (χ4v) is 1.65. The van der Waals surface area contributed by atoms with Gasteiger partial charge in [-0.3, -0.25) is 0 Å². The maximum absolute atomic E-state index is 5.65. The lowest BCUT2D eigenvalue weighted by atomic mass is 9.89. The van der Waals surface area contributed by atoms with Crippen molar-refractivity contribution in [2.75, 3.05) is 26.0 Å². The van der Waals surface area contributed by atoms with Crippen molar-refractivity contribution in [1.29, 1.82) is 0 Å². The second-order valence-corrected chi connectivity index (χ2v) is 5.25. The standard InChI is InChI=1S/C14H24N2O/c1-14(2,8-9-17-3)11-16-10-12-4-6-13(15)7-5-12/h4-7,16H,8-11,15H2,1-3H3. The van der Waals surface area contributed by atoms with E-state index in [0.717, 1.165) is 31.8 Å². The number of nitrogen functional groups attached to an aromatic ring is 1. The molecule has 1 aromatic rings. The topological polar surface area (TPSA) is 47.3 Å². The first-order valence-electron chi connectivity index (χ1n) is 6.07. The lowest BCUT2D eigenvalue weighted by Gasteiger charge is -2.24. The zero-order chi connectivity index (χ0) is 12.7. The quantitative estimate of drug-likeness (QED) is 0.715. The number of benzene rings is 1. The van der Waals surface area contributed by atoms with Crippen LogP contribution < -0.4 is 11.1 Å². The third kappa shape index (κ3) is 5.71. The second-order valence-electron chi connectivity index (χ2n) is 5.25. The maximum Gasteiger partial charge on any atom is 0.0467 e. The molecule has 0 aliphatic rings. The van der Waals surface area contributed by atoms with Gasteiger partial charge in [0.1, 0.15) is 0 Å². The third-order valence-electron chi connectivity index (χ3n) is 2.90. The van der Waals surface area contributed by atoms with Gasteiger partial charge in [-0.15, -0.1) is 0 Å². The number of ether oxygens (including phenoxy) is 1. The Morgan fingerprint density at radius 3 is 2.47 bits per heavy atom. The van der Waals surface area contributed by atoms with E-state index in [2.05, 4.69) is 31.3 Å². The number of methoxy groups -OCH3 is 1. The SMILES string of the molecule is COCCC(C)(C)CNCc1ccc(N)cc1. The summed E-state index contributed by atoms with van der Waals surface area (Å²) in [7, 11) is 1.75. The number of nitrogens with one attached hydrogen (secondary N) is 1. The van der Waals surface area contributed by atoms with Gasteiger partial charge < -0.3 is 15.8 Å². The fourth-order valence-electron chi connectivity index (χ4n) is 1.65. The van der Waals surface area contributed by atoms with Crippen LogP contribution in [-0.4, -0.2) is 20.3 Å². The molecule has 0 amide bonds. The van der Waals surface area contributed by atoms with Gasteiger partial charge in [0.15, 0.2) is 0 Å². The normalized spacial score (nSPS) is 11.7. The lowest BCUT2D eigenvalue weighted by Crippen LogP contribution is -2.30. The van der Waals surface area contributed by atoms with E-state index < -0.39 is 0 Å². The first kappa shape index (κ1) is 14.0. The third-order valence-corrected chi connectivity index (χ3v) is 2.90. The van der Waals surface area contributed by atoms with Crippen molar-refractivity contribution in [2.24, 2.45) is 5.41 Å². The van der Waals surface area contributed by atoms with Crippen molar-refractivity contribution in [2.45, 2.75) is 26.8 Å². The van der Waals surface area contributed by atoms with Crippen LogP contribution >= 0.6 is 0 Å². The van der Waals surface area contributed by atoms with Crippen LogP contribution in [-0.2, 0) is 11.3 Å². The van der Waals surface area contributed by atoms with E-state index in [1.165, 1.54) is 5.56 Å². The molecule has 0 aliphatic carbocycles. The highest BCUT2D eigenvalue weighted by Crippen LogP contribution is 2.18. The van der Waals surface area contributed by atoms with Crippen LogP contribution in [0.3, 0.4) is 0 Å². The predicted octanol–water partition coefficient (Wildman–Crippen LogP) is 2.42. The monoisotopic (exact) mass is 236 g/mol. The molecule has 1 rings (SSSR count). The Hall–Kier alpha value is -1.06. The summed E-state index contributed by atoms with van der Waals surface area (Å²) in [6.07, 6.45) is 1.07. The summed E-state index contributed by atoms with van der Waals surface area (Å²) >= 11 is 0. The van der Waals surface area contributed by atoms with Crippen LogP contribution in [0, 0.1) is 5.41 Å². The molecule has 1 aromatic carbocycles. The summed E-state index contributed by atoms with van der Waals surface area (Å²) in [5, 5.41) is 3.47. The first-order valence-corrected chi connectivity index (χ1v) is 6.07. The molecule has 0 saturated heterocycles. The molecule has 0 aliphatic heterocycles. The van der Waals surface area contributed by atoms with Crippen LogP contribution in [0.4, 0.5) is 5.69 Å². The van der Waals surface area contributed by atoms with E-state index in [1.807, 2.05) is 12.1 Å². The number of nitrogens with two attached hydrogens (primary N) is 1. The van der Waals surface area contributed by atoms with Gasteiger partial charge in [-0.05, 0) is 29.5 Å². The zero-order valence-electron chi connectivity index (χ0n) is 11.1. The average Bonchev–Trinajstić information content (AvgIpc) is 2.29. The number of hydrogen-bond donors (Lipinski definition) is 2. The Morgan fingerprint density at radius 2 is 1.88 bits per heavy atom. The Balaban J connectivity index is 2.29. The largest absolute Gasteiger partial charge is 0.399 e. The molecule has 0 aromatic heterocycles. The molecule has 0 heterocycles. The van der Waals surface area contributed by atoms with Crippen molar-refractivity contribution >= 4 is 5.69 Å². The molecule has 0 radical (unpaired) electrons. The summed E-state index contributed by atoms with van der Waals surface area (Å²) in [6.45, 7) is 7.19. The molecular formula is C14H24N2O. The highest BCUT2D eigenvalue weighted by Gasteiger charge is 2.16. The summed E-state index contributed by atoms with van der Waals surface area (Å²) in [5.41, 5.74) is 7.99. The minimum absolute atomic E-state index is 0.268. The molecule has 17 heavy (non-hydrogen) atoms. The highest BCUT2D eigenvalue weighted by molar-refractivity contribution is 5.39. The lowest BCUT2D eigenvalue weighted by molar-refractivity contribution is 0.150. The van der Waals surface area contributed by atoms with Gasteiger partial charge in [0.05, 0.1) is 0 Å². The van der Waals surface area contributed by atoms with E-state index >= 15 is 0 Å². The van der Waals surface area contributed by atoms with Crippen LogP contribution in [0.1, 0.15) is 25.8 Å². The molecule has 0 saturated carbocycles. The molecule has 96 valence electrons. The summed E-state index contributed by atoms with van der Waals surface area (Å²) in [5.74, 6) is 0. The summed E-state index contributed by atoms with van der Waals surface area (Å²) in [4.78, 5) is 0. The van der Waals surface area contributed by atoms with Gasteiger partial charge >= 0.3 is 0 Å². The summed E-state index contributed by atoms with van der Waals surface area (Å²) < 4.78 is 5.11. The molecule has 3 nitrogen and oxygen atoms in total. The summed E-state index contributed by atoms with van der Waals surface area (Å²) in [6, 6.07) is 8.00. The smallest absolute Gasteiger partial charge is 0.0467 e. The maximum atomic E-state index is 5.65. The minimum atomic E-state index is 0.268. The van der Waals surface area contributed by atoms with Gasteiger partial charge in [-0.1, -0.05) is 26.0 Å². The van der Waals surface area contributed by atoms with Crippen molar-refractivity contribution in [3.8, 4) is 0 Å². The van der Waals surface area contributed by atoms with Crippen LogP contribution in [0.25, 0.3) is 0 Å². The molecule has 0 bridgehead atoms. The zero-order valence-corrected chi connectivity index (χ0v) is 11.1. The van der Waals surface area contributed by atoms with Gasteiger partial charge in [0, 0.05) is 32.5 Å². The Bertz CT molecular complexity index is 319. The van der Waals surface area contributed by atoms with E-state index in [9.17, 15) is 0 Å². The highest BCUT2D eigenvalue weighted by atomic mass is 16.5. The Labute approximate surface area is 104 Å². The van der Waals surface area contributed by atoms with Crippen molar-refractivity contribution in [3.63, 3.8) is 0 Å². The van der Waals surface area contributed by atoms with Gasteiger partial charge in [0.2, 0.25) is 0 Å². The van der Waals surface area contributed by atoms with E-state index in [4.69, 9.17) is 10.5 Å². The Morgan fingerprint density at radius 1 is 1.24 bits per heavy atom. The van der Waals surface area contributed by atoms with Gasteiger partial charge in [-0.2, -0.15) is 0 Å². The molecule has 0 unspecified atom stereocenters. The number of hydrogen-bond acceptors (Lipinski definition) is 3. The molecule has 0 spiro atoms.